The van der Waals surface area contributed by atoms with Gasteiger partial charge in [-0.1, -0.05) is 19.9 Å². The van der Waals surface area contributed by atoms with Crippen LogP contribution in [0.5, 0.6) is 5.75 Å². The summed E-state index contributed by atoms with van der Waals surface area (Å²) in [5.74, 6) is 1.18. The van der Waals surface area contributed by atoms with Crippen LogP contribution in [0.2, 0.25) is 0 Å². The molecule has 5 heteroatoms. The zero-order valence-corrected chi connectivity index (χ0v) is 15.3. The number of nitrogens with zero attached hydrogens (tertiary/aromatic N) is 2. The highest BCUT2D eigenvalue weighted by molar-refractivity contribution is 5.94. The Morgan fingerprint density at radius 2 is 2.04 bits per heavy atom. The van der Waals surface area contributed by atoms with Crippen LogP contribution in [0.25, 0.3) is 0 Å². The lowest BCUT2D eigenvalue weighted by atomic mass is 10.1. The number of piperazine rings is 1. The average molecular weight is 333 g/mol. The number of ether oxygens (including phenoxy) is 1. The molecule has 134 valence electrons. The number of carbonyl (C=O) groups excluding carboxylic acids is 1. The van der Waals surface area contributed by atoms with E-state index < -0.39 is 0 Å². The summed E-state index contributed by atoms with van der Waals surface area (Å²) < 4.78 is 5.59. The van der Waals surface area contributed by atoms with Gasteiger partial charge in [-0.3, -0.25) is 4.79 Å². The number of hydrogen-bond donors (Lipinski definition) is 1. The maximum absolute atomic E-state index is 12.3. The average Bonchev–Trinajstić information content (AvgIpc) is 2.60. The van der Waals surface area contributed by atoms with E-state index in [1.807, 2.05) is 24.3 Å². The molecular weight excluding hydrogens is 302 g/mol. The Balaban J connectivity index is 1.75. The molecule has 0 unspecified atom stereocenters. The van der Waals surface area contributed by atoms with E-state index in [2.05, 4.69) is 36.0 Å². The fraction of sp³-hybridized carbons (Fsp3) is 0.632. The molecule has 0 radical (unpaired) electrons. The Morgan fingerprint density at radius 1 is 1.29 bits per heavy atom. The SMILES string of the molecule is CCCOc1cccc(C(=O)NC[C@@H](C)CN2CCN(C)CC2)c1. The topological polar surface area (TPSA) is 44.8 Å². The summed E-state index contributed by atoms with van der Waals surface area (Å²) in [5, 5.41) is 3.05. The summed E-state index contributed by atoms with van der Waals surface area (Å²) in [6, 6.07) is 7.41. The van der Waals surface area contributed by atoms with Gasteiger partial charge in [0.05, 0.1) is 6.61 Å². The summed E-state index contributed by atoms with van der Waals surface area (Å²) in [6.07, 6.45) is 0.959. The maximum Gasteiger partial charge on any atom is 0.251 e. The van der Waals surface area contributed by atoms with Gasteiger partial charge in [0.15, 0.2) is 0 Å². The Kier molecular flexibility index (Phi) is 7.53. The lowest BCUT2D eigenvalue weighted by molar-refractivity contribution is 0.0937. The van der Waals surface area contributed by atoms with Gasteiger partial charge in [0.25, 0.3) is 5.91 Å². The largest absolute Gasteiger partial charge is 0.494 e. The van der Waals surface area contributed by atoms with Gasteiger partial charge in [0.1, 0.15) is 5.75 Å². The first-order valence-electron chi connectivity index (χ1n) is 9.00. The second kappa shape index (κ2) is 9.64. The Hall–Kier alpha value is -1.59. The van der Waals surface area contributed by atoms with Crippen LogP contribution in [0.3, 0.4) is 0 Å². The normalized spacial score (nSPS) is 17.5. The van der Waals surface area contributed by atoms with Crippen molar-refractivity contribution in [1.29, 1.82) is 0 Å². The molecule has 1 heterocycles. The van der Waals surface area contributed by atoms with E-state index in [9.17, 15) is 4.79 Å². The maximum atomic E-state index is 12.3. The van der Waals surface area contributed by atoms with Crippen LogP contribution in [-0.2, 0) is 0 Å². The fourth-order valence-corrected chi connectivity index (χ4v) is 2.85. The highest BCUT2D eigenvalue weighted by Gasteiger charge is 2.16. The fourth-order valence-electron chi connectivity index (χ4n) is 2.85. The minimum absolute atomic E-state index is 0.0258. The number of likely N-dealkylation sites (N-methyl/N-ethyl adjacent to an activating group) is 1. The van der Waals surface area contributed by atoms with Gasteiger partial charge in [-0.2, -0.15) is 0 Å². The highest BCUT2D eigenvalue weighted by atomic mass is 16.5. The van der Waals surface area contributed by atoms with Gasteiger partial charge < -0.3 is 19.9 Å². The summed E-state index contributed by atoms with van der Waals surface area (Å²) >= 11 is 0. The molecule has 1 aliphatic rings. The molecule has 0 bridgehead atoms. The lowest BCUT2D eigenvalue weighted by Crippen LogP contribution is -2.46. The predicted molar refractivity (Wildman–Crippen MR) is 97.7 cm³/mol. The van der Waals surface area contributed by atoms with Gasteiger partial charge in [-0.15, -0.1) is 0 Å². The van der Waals surface area contributed by atoms with Crippen molar-refractivity contribution in [3.05, 3.63) is 29.8 Å². The van der Waals surface area contributed by atoms with Gasteiger partial charge in [-0.05, 0) is 37.6 Å². The van der Waals surface area contributed by atoms with Crippen molar-refractivity contribution in [2.75, 3.05) is 52.9 Å². The molecule has 5 nitrogen and oxygen atoms in total. The molecule has 1 fully saturated rings. The second-order valence-electron chi connectivity index (χ2n) is 6.80. The molecule has 1 amide bonds. The third kappa shape index (κ3) is 6.13. The van der Waals surface area contributed by atoms with Crippen molar-refractivity contribution >= 4 is 5.91 Å². The van der Waals surface area contributed by atoms with Crippen LogP contribution >= 0.6 is 0 Å². The molecule has 1 aromatic carbocycles. The van der Waals surface area contributed by atoms with E-state index in [-0.39, 0.29) is 5.91 Å². The first-order valence-corrected chi connectivity index (χ1v) is 9.00. The van der Waals surface area contributed by atoms with Crippen molar-refractivity contribution in [2.45, 2.75) is 20.3 Å². The monoisotopic (exact) mass is 333 g/mol. The van der Waals surface area contributed by atoms with Gasteiger partial charge in [-0.25, -0.2) is 0 Å². The molecule has 0 saturated carbocycles. The Labute approximate surface area is 146 Å². The van der Waals surface area contributed by atoms with E-state index in [1.165, 1.54) is 0 Å². The van der Waals surface area contributed by atoms with Crippen molar-refractivity contribution in [1.82, 2.24) is 15.1 Å². The van der Waals surface area contributed by atoms with Crippen LogP contribution in [0.15, 0.2) is 24.3 Å². The number of benzene rings is 1. The number of nitrogens with one attached hydrogen (secondary N) is 1. The van der Waals surface area contributed by atoms with Gasteiger partial charge in [0, 0.05) is 44.8 Å². The second-order valence-corrected chi connectivity index (χ2v) is 6.80. The van der Waals surface area contributed by atoms with E-state index in [4.69, 9.17) is 4.74 Å². The van der Waals surface area contributed by atoms with E-state index in [1.54, 1.807) is 0 Å². The van der Waals surface area contributed by atoms with E-state index in [0.29, 0.717) is 24.6 Å². The van der Waals surface area contributed by atoms with Crippen molar-refractivity contribution in [2.24, 2.45) is 5.92 Å². The quantitative estimate of drug-likeness (QED) is 0.791. The van der Waals surface area contributed by atoms with E-state index in [0.717, 1.165) is 44.9 Å². The zero-order valence-electron chi connectivity index (χ0n) is 15.3. The molecule has 2 rings (SSSR count). The van der Waals surface area contributed by atoms with Crippen LogP contribution in [0.1, 0.15) is 30.6 Å². The summed E-state index contributed by atoms with van der Waals surface area (Å²) in [7, 11) is 2.17. The Bertz CT molecular complexity index is 513. The molecule has 1 N–H and O–H groups in total. The van der Waals surface area contributed by atoms with Crippen molar-refractivity contribution in [3.8, 4) is 5.75 Å². The smallest absolute Gasteiger partial charge is 0.251 e. The van der Waals surface area contributed by atoms with Crippen LogP contribution < -0.4 is 10.1 Å². The standard InChI is InChI=1S/C19H31N3O2/c1-4-12-24-18-7-5-6-17(13-18)19(23)20-14-16(2)15-22-10-8-21(3)9-11-22/h5-7,13,16H,4,8-12,14-15H2,1-3H3,(H,20,23)/t16-/m1/s1. The minimum atomic E-state index is -0.0258. The zero-order chi connectivity index (χ0) is 17.4. The van der Waals surface area contributed by atoms with Crippen LogP contribution in [0.4, 0.5) is 0 Å². The molecule has 1 saturated heterocycles. The van der Waals surface area contributed by atoms with Crippen molar-refractivity contribution < 1.29 is 9.53 Å². The number of rotatable bonds is 8. The third-order valence-electron chi connectivity index (χ3n) is 4.35. The van der Waals surface area contributed by atoms with Crippen molar-refractivity contribution in [3.63, 3.8) is 0 Å². The summed E-state index contributed by atoms with van der Waals surface area (Å²) in [4.78, 5) is 17.2. The molecule has 1 aliphatic heterocycles. The number of amides is 1. The molecule has 24 heavy (non-hydrogen) atoms. The number of hydrogen-bond acceptors (Lipinski definition) is 4. The predicted octanol–water partition coefficient (Wildman–Crippen LogP) is 2.09. The molecule has 0 aromatic heterocycles. The van der Waals surface area contributed by atoms with Crippen LogP contribution in [0, 0.1) is 5.92 Å². The third-order valence-corrected chi connectivity index (χ3v) is 4.35. The molecule has 1 atom stereocenters. The molecular formula is C19H31N3O2. The lowest BCUT2D eigenvalue weighted by Gasteiger charge is -2.33. The van der Waals surface area contributed by atoms with Gasteiger partial charge in [0.2, 0.25) is 0 Å². The van der Waals surface area contributed by atoms with Gasteiger partial charge >= 0.3 is 0 Å². The summed E-state index contributed by atoms with van der Waals surface area (Å²) in [5.41, 5.74) is 0.662. The molecule has 0 aliphatic carbocycles. The minimum Gasteiger partial charge on any atom is -0.494 e. The molecule has 1 aromatic rings. The van der Waals surface area contributed by atoms with E-state index >= 15 is 0 Å². The summed E-state index contributed by atoms with van der Waals surface area (Å²) in [6.45, 7) is 11.2. The first-order chi connectivity index (χ1) is 11.6. The Morgan fingerprint density at radius 3 is 2.75 bits per heavy atom. The first kappa shape index (κ1) is 18.7. The molecule has 0 spiro atoms. The van der Waals surface area contributed by atoms with Crippen LogP contribution in [-0.4, -0.2) is 68.6 Å². The highest BCUT2D eigenvalue weighted by Crippen LogP contribution is 2.13. The number of carbonyl (C=O) groups is 1.